The first-order valence-corrected chi connectivity index (χ1v) is 10.1. The Morgan fingerprint density at radius 3 is 2.54 bits per heavy atom. The number of rotatable bonds is 0. The quantitative estimate of drug-likeness (QED) is 0.615. The van der Waals surface area contributed by atoms with Crippen LogP contribution < -0.4 is 0 Å². The third kappa shape index (κ3) is 4.23. The lowest BCUT2D eigenvalue weighted by atomic mass is 9.77. The van der Waals surface area contributed by atoms with Crippen molar-refractivity contribution in [1.29, 1.82) is 0 Å². The molecule has 0 spiro atoms. The van der Waals surface area contributed by atoms with Crippen molar-refractivity contribution in [1.82, 2.24) is 0 Å². The molecule has 0 aromatic rings. The molecular formula is C24H32O4. The van der Waals surface area contributed by atoms with E-state index in [-0.39, 0.29) is 17.1 Å². The van der Waals surface area contributed by atoms with Crippen molar-refractivity contribution in [3.8, 4) is 0 Å². The molecule has 0 saturated carbocycles. The van der Waals surface area contributed by atoms with Gasteiger partial charge in [0.2, 0.25) is 0 Å². The molecule has 0 amide bonds. The molecule has 3 rings (SSSR count). The zero-order chi connectivity index (χ0) is 20.7. The van der Waals surface area contributed by atoms with Crippen LogP contribution >= 0.6 is 0 Å². The van der Waals surface area contributed by atoms with E-state index in [9.17, 15) is 15.0 Å². The average molecular weight is 385 g/mol. The molecule has 0 aromatic heterocycles. The van der Waals surface area contributed by atoms with Gasteiger partial charge in [-0.3, -0.25) is 4.79 Å². The van der Waals surface area contributed by atoms with Crippen LogP contribution in [0.15, 0.2) is 58.9 Å². The summed E-state index contributed by atoms with van der Waals surface area (Å²) in [7, 11) is 0. The molecule has 0 fully saturated rings. The van der Waals surface area contributed by atoms with Gasteiger partial charge in [0, 0.05) is 17.9 Å². The highest BCUT2D eigenvalue weighted by molar-refractivity contribution is 5.97. The lowest BCUT2D eigenvalue weighted by Gasteiger charge is -2.42. The van der Waals surface area contributed by atoms with Crippen molar-refractivity contribution in [2.75, 3.05) is 0 Å². The molecule has 0 bridgehead atoms. The molecule has 4 nitrogen and oxygen atoms in total. The molecule has 0 unspecified atom stereocenters. The van der Waals surface area contributed by atoms with Gasteiger partial charge >= 0.3 is 0 Å². The number of aliphatic hydroxyl groups is 2. The van der Waals surface area contributed by atoms with Gasteiger partial charge in [-0.2, -0.15) is 0 Å². The summed E-state index contributed by atoms with van der Waals surface area (Å²) in [6.45, 7) is 10.2. The van der Waals surface area contributed by atoms with Crippen LogP contribution in [0.3, 0.4) is 0 Å². The Bertz CT molecular complexity index is 808. The minimum Gasteiger partial charge on any atom is -0.486 e. The maximum atomic E-state index is 12.1. The zero-order valence-corrected chi connectivity index (χ0v) is 17.5. The topological polar surface area (TPSA) is 66.8 Å². The summed E-state index contributed by atoms with van der Waals surface area (Å²) in [4.78, 5) is 12.1. The number of carbonyl (C=O) groups excluding carboxylic acids is 1. The van der Waals surface area contributed by atoms with E-state index in [2.05, 4.69) is 38.2 Å². The summed E-state index contributed by atoms with van der Waals surface area (Å²) in [6, 6.07) is 0. The van der Waals surface area contributed by atoms with E-state index in [1.165, 1.54) is 12.2 Å². The number of hydrogen-bond donors (Lipinski definition) is 2. The Balaban J connectivity index is 2.08. The lowest BCUT2D eigenvalue weighted by molar-refractivity contribution is -0.120. The largest absolute Gasteiger partial charge is 0.486 e. The predicted octanol–water partition coefficient (Wildman–Crippen LogP) is 4.17. The Morgan fingerprint density at radius 2 is 1.82 bits per heavy atom. The van der Waals surface area contributed by atoms with Gasteiger partial charge in [0.1, 0.15) is 17.5 Å². The van der Waals surface area contributed by atoms with Crippen molar-refractivity contribution in [3.05, 3.63) is 58.9 Å². The molecule has 1 aliphatic heterocycles. The molecule has 0 aromatic carbocycles. The maximum Gasteiger partial charge on any atom is 0.188 e. The van der Waals surface area contributed by atoms with Gasteiger partial charge in [-0.15, -0.1) is 0 Å². The molecule has 1 heterocycles. The van der Waals surface area contributed by atoms with Crippen LogP contribution in [0.4, 0.5) is 0 Å². The zero-order valence-electron chi connectivity index (χ0n) is 17.5. The molecule has 4 atom stereocenters. The van der Waals surface area contributed by atoms with E-state index in [0.717, 1.165) is 23.1 Å². The highest BCUT2D eigenvalue weighted by Crippen LogP contribution is 2.44. The fraction of sp³-hybridized carbons (Fsp3) is 0.542. The summed E-state index contributed by atoms with van der Waals surface area (Å²) >= 11 is 0. The van der Waals surface area contributed by atoms with Gasteiger partial charge in [-0.25, -0.2) is 0 Å². The highest BCUT2D eigenvalue weighted by Gasteiger charge is 2.41. The summed E-state index contributed by atoms with van der Waals surface area (Å²) in [6.07, 6.45) is 12.0. The molecule has 4 heteroatoms. The van der Waals surface area contributed by atoms with Crippen LogP contribution in [-0.4, -0.2) is 33.8 Å². The number of carbonyl (C=O) groups is 1. The van der Waals surface area contributed by atoms with Crippen molar-refractivity contribution >= 4 is 5.78 Å². The summed E-state index contributed by atoms with van der Waals surface area (Å²) in [5, 5.41) is 20.9. The SMILES string of the molecule is CC1=CC(=O)[C@H](O)C=C2O[C@@]3(C)C/C=C/C(C)(C)C/C=C(/C)[C@@H](O)C[C@@H]3C=C12. The van der Waals surface area contributed by atoms with Crippen LogP contribution in [0, 0.1) is 11.3 Å². The molecular weight excluding hydrogens is 352 g/mol. The summed E-state index contributed by atoms with van der Waals surface area (Å²) < 4.78 is 6.43. The minimum absolute atomic E-state index is 0.00360. The van der Waals surface area contributed by atoms with Gasteiger partial charge < -0.3 is 14.9 Å². The third-order valence-corrected chi connectivity index (χ3v) is 6.19. The second-order valence-corrected chi connectivity index (χ2v) is 9.31. The van der Waals surface area contributed by atoms with Crippen molar-refractivity contribution in [2.45, 2.75) is 71.7 Å². The number of fused-ring (bicyclic) bond motifs is 2. The average Bonchev–Trinajstić information content (AvgIpc) is 2.70. The number of hydrogen-bond acceptors (Lipinski definition) is 4. The van der Waals surface area contributed by atoms with Gasteiger partial charge in [-0.05, 0) is 62.3 Å². The molecule has 28 heavy (non-hydrogen) atoms. The fourth-order valence-corrected chi connectivity index (χ4v) is 4.07. The summed E-state index contributed by atoms with van der Waals surface area (Å²) in [5.74, 6) is 0.185. The Morgan fingerprint density at radius 1 is 1.11 bits per heavy atom. The monoisotopic (exact) mass is 384 g/mol. The van der Waals surface area contributed by atoms with E-state index in [1.807, 2.05) is 20.8 Å². The summed E-state index contributed by atoms with van der Waals surface area (Å²) in [5.41, 5.74) is 2.02. The van der Waals surface area contributed by atoms with E-state index in [0.29, 0.717) is 18.6 Å². The number of ether oxygens (including phenoxy) is 1. The van der Waals surface area contributed by atoms with E-state index in [1.54, 1.807) is 0 Å². The van der Waals surface area contributed by atoms with Gasteiger partial charge in [0.15, 0.2) is 5.78 Å². The Labute approximate surface area is 168 Å². The number of ketones is 1. The van der Waals surface area contributed by atoms with E-state index in [4.69, 9.17) is 4.74 Å². The van der Waals surface area contributed by atoms with Crippen molar-refractivity contribution < 1.29 is 19.7 Å². The first kappa shape index (κ1) is 20.8. The standard InChI is InChI=1S/C24H32O4/c1-15-7-10-23(3,4)8-6-9-24(5)17(13-19(15)25)12-18-16(2)11-20(26)21(27)14-22(18)28-24/h6-8,11-12,14,17,19,21,25,27H,9-10,13H2,1-5H3/b8-6+,15-7-/t17-,19-,21+,24-/m0/s1. The van der Waals surface area contributed by atoms with Gasteiger partial charge in [0.05, 0.1) is 6.10 Å². The molecule has 2 aliphatic carbocycles. The van der Waals surface area contributed by atoms with Gasteiger partial charge in [-0.1, -0.05) is 38.2 Å². The fourth-order valence-electron chi connectivity index (χ4n) is 4.07. The lowest BCUT2D eigenvalue weighted by Crippen LogP contribution is -2.41. The normalized spacial score (nSPS) is 38.7. The van der Waals surface area contributed by atoms with Gasteiger partial charge in [0.25, 0.3) is 0 Å². The van der Waals surface area contributed by atoms with Crippen molar-refractivity contribution in [3.63, 3.8) is 0 Å². The highest BCUT2D eigenvalue weighted by atomic mass is 16.5. The van der Waals surface area contributed by atoms with Crippen LogP contribution in [0.25, 0.3) is 0 Å². The molecule has 3 aliphatic rings. The second kappa shape index (κ2) is 7.49. The maximum absolute atomic E-state index is 12.1. The Kier molecular flexibility index (Phi) is 5.57. The van der Waals surface area contributed by atoms with Crippen LogP contribution in [0.2, 0.25) is 0 Å². The Hall–Kier alpha value is -1.91. The third-order valence-electron chi connectivity index (χ3n) is 6.19. The van der Waals surface area contributed by atoms with E-state index >= 15 is 0 Å². The number of aliphatic hydroxyl groups excluding tert-OH is 2. The van der Waals surface area contributed by atoms with Crippen LogP contribution in [0.1, 0.15) is 53.9 Å². The molecule has 0 radical (unpaired) electrons. The minimum atomic E-state index is -1.19. The molecule has 0 saturated heterocycles. The van der Waals surface area contributed by atoms with Crippen LogP contribution in [-0.2, 0) is 9.53 Å². The number of allylic oxidation sites excluding steroid dienone is 3. The first-order chi connectivity index (χ1) is 13.0. The van der Waals surface area contributed by atoms with E-state index < -0.39 is 17.8 Å². The smallest absolute Gasteiger partial charge is 0.188 e. The predicted molar refractivity (Wildman–Crippen MR) is 110 cm³/mol. The van der Waals surface area contributed by atoms with Crippen LogP contribution in [0.5, 0.6) is 0 Å². The first-order valence-electron chi connectivity index (χ1n) is 10.1. The second-order valence-electron chi connectivity index (χ2n) is 9.31. The van der Waals surface area contributed by atoms with Crippen molar-refractivity contribution in [2.24, 2.45) is 11.3 Å². The molecule has 152 valence electrons. The molecule has 2 N–H and O–H groups in total.